The molecule has 0 aromatic carbocycles. The summed E-state index contributed by atoms with van der Waals surface area (Å²) in [5.74, 6) is 0.686. The minimum absolute atomic E-state index is 0. The number of nitrogens with zero attached hydrogens (tertiary/aromatic N) is 4. The predicted molar refractivity (Wildman–Crippen MR) is 119 cm³/mol. The van der Waals surface area contributed by atoms with Crippen LogP contribution in [0.3, 0.4) is 0 Å². The van der Waals surface area contributed by atoms with Gasteiger partial charge in [-0.2, -0.15) is 4.31 Å². The molecule has 158 valence electrons. The van der Waals surface area contributed by atoms with Gasteiger partial charge < -0.3 is 15.5 Å². The topological polar surface area (TPSA) is 89.9 Å². The Morgan fingerprint density at radius 1 is 1.39 bits per heavy atom. The normalized spacial score (nSPS) is 23.5. The van der Waals surface area contributed by atoms with Crippen LogP contribution in [-0.2, 0) is 10.0 Å². The van der Waals surface area contributed by atoms with Crippen molar-refractivity contribution < 1.29 is 12.8 Å². The summed E-state index contributed by atoms with van der Waals surface area (Å²) in [5, 5.41) is 6.57. The van der Waals surface area contributed by atoms with E-state index in [0.717, 1.165) is 19.3 Å². The molecule has 0 saturated carbocycles. The van der Waals surface area contributed by atoms with Crippen LogP contribution in [0.5, 0.6) is 0 Å². The molecular weight excluding hydrogens is 498 g/mol. The first-order valence-electron chi connectivity index (χ1n) is 9.18. The van der Waals surface area contributed by atoms with E-state index in [9.17, 15) is 12.8 Å². The summed E-state index contributed by atoms with van der Waals surface area (Å²) in [4.78, 5) is 10.3. The minimum Gasteiger partial charge on any atom is -0.355 e. The van der Waals surface area contributed by atoms with E-state index in [2.05, 4.69) is 20.6 Å². The Bertz CT molecular complexity index is 794. The van der Waals surface area contributed by atoms with Gasteiger partial charge in [-0.1, -0.05) is 0 Å². The second-order valence-electron chi connectivity index (χ2n) is 7.01. The summed E-state index contributed by atoms with van der Waals surface area (Å²) in [6.45, 7) is 2.43. The molecule has 8 nitrogen and oxygen atoms in total. The Morgan fingerprint density at radius 3 is 2.86 bits per heavy atom. The van der Waals surface area contributed by atoms with E-state index in [1.165, 1.54) is 12.3 Å². The number of sulfonamides is 1. The van der Waals surface area contributed by atoms with Gasteiger partial charge in [0.15, 0.2) is 17.6 Å². The standard InChI is InChI=1S/C17H27FN6O2S.HI/c1-19-17(21-11-14-5-4-9-24(14)27(2,25)26)22-13-7-10-23(12-13)16-15(18)6-3-8-20-16;/h3,6,8,13-14H,4-5,7,9-12H2,1-2H3,(H2,19,21,22);1H/t13?,14-;/m1./s1. The zero-order valence-corrected chi connectivity index (χ0v) is 19.3. The van der Waals surface area contributed by atoms with Crippen LogP contribution in [-0.4, -0.2) is 75.2 Å². The van der Waals surface area contributed by atoms with E-state index in [1.807, 2.05) is 4.90 Å². The molecule has 0 spiro atoms. The number of nitrogens with one attached hydrogen (secondary N) is 2. The molecule has 0 radical (unpaired) electrons. The van der Waals surface area contributed by atoms with Gasteiger partial charge in [0.2, 0.25) is 10.0 Å². The van der Waals surface area contributed by atoms with Gasteiger partial charge >= 0.3 is 0 Å². The van der Waals surface area contributed by atoms with Gasteiger partial charge in [0, 0.05) is 51.5 Å². The smallest absolute Gasteiger partial charge is 0.211 e. The lowest BCUT2D eigenvalue weighted by atomic mass is 10.2. The van der Waals surface area contributed by atoms with Crippen LogP contribution in [0, 0.1) is 5.82 Å². The van der Waals surface area contributed by atoms with Crippen LogP contribution < -0.4 is 15.5 Å². The number of aliphatic imine (C=N–C) groups is 1. The summed E-state index contributed by atoms with van der Waals surface area (Å²) in [7, 11) is -1.50. The number of halogens is 2. The van der Waals surface area contributed by atoms with Crippen molar-refractivity contribution >= 4 is 45.8 Å². The highest BCUT2D eigenvalue weighted by molar-refractivity contribution is 14.0. The van der Waals surface area contributed by atoms with Gasteiger partial charge in [-0.3, -0.25) is 4.99 Å². The van der Waals surface area contributed by atoms with Gasteiger partial charge in [-0.05, 0) is 31.4 Å². The fourth-order valence-corrected chi connectivity index (χ4v) is 4.92. The Labute approximate surface area is 183 Å². The molecule has 2 saturated heterocycles. The summed E-state index contributed by atoms with van der Waals surface area (Å²) >= 11 is 0. The number of pyridine rings is 1. The maximum Gasteiger partial charge on any atom is 0.211 e. The van der Waals surface area contributed by atoms with E-state index >= 15 is 0 Å². The fraction of sp³-hybridized carbons (Fsp3) is 0.647. The predicted octanol–water partition coefficient (Wildman–Crippen LogP) is 1.01. The molecule has 2 aliphatic rings. The van der Waals surface area contributed by atoms with Crippen molar-refractivity contribution in [3.8, 4) is 0 Å². The van der Waals surface area contributed by atoms with Gasteiger partial charge in [0.05, 0.1) is 6.26 Å². The Morgan fingerprint density at radius 2 is 2.18 bits per heavy atom. The zero-order chi connectivity index (χ0) is 19.4. The third kappa shape index (κ3) is 5.66. The molecule has 28 heavy (non-hydrogen) atoms. The average Bonchev–Trinajstić information content (AvgIpc) is 3.28. The third-order valence-corrected chi connectivity index (χ3v) is 6.38. The monoisotopic (exact) mass is 526 g/mol. The van der Waals surface area contributed by atoms with Gasteiger partial charge in [-0.25, -0.2) is 17.8 Å². The van der Waals surface area contributed by atoms with Crippen molar-refractivity contribution in [3.05, 3.63) is 24.1 Å². The Balaban J connectivity index is 0.00000280. The van der Waals surface area contributed by atoms with Crippen molar-refractivity contribution in [2.24, 2.45) is 4.99 Å². The molecule has 1 unspecified atom stereocenters. The zero-order valence-electron chi connectivity index (χ0n) is 16.1. The maximum absolute atomic E-state index is 13.9. The SMILES string of the molecule is CN=C(NC[C@H]1CCCN1S(C)(=O)=O)NC1CCN(c2ncccc2F)C1.I. The van der Waals surface area contributed by atoms with E-state index in [1.54, 1.807) is 23.6 Å². The number of aromatic nitrogens is 1. The molecule has 3 rings (SSSR count). The second-order valence-corrected chi connectivity index (χ2v) is 8.94. The molecule has 2 atom stereocenters. The highest BCUT2D eigenvalue weighted by atomic mass is 127. The van der Waals surface area contributed by atoms with Crippen LogP contribution >= 0.6 is 24.0 Å². The van der Waals surface area contributed by atoms with E-state index in [4.69, 9.17) is 0 Å². The molecule has 0 aliphatic carbocycles. The van der Waals surface area contributed by atoms with Crippen molar-refractivity contribution in [3.63, 3.8) is 0 Å². The lowest BCUT2D eigenvalue weighted by Gasteiger charge is -2.24. The summed E-state index contributed by atoms with van der Waals surface area (Å²) < 4.78 is 39.2. The summed E-state index contributed by atoms with van der Waals surface area (Å²) in [5.41, 5.74) is 0. The van der Waals surface area contributed by atoms with Crippen LogP contribution in [0.15, 0.2) is 23.3 Å². The molecule has 1 aromatic heterocycles. The van der Waals surface area contributed by atoms with E-state index in [0.29, 0.717) is 38.0 Å². The number of anilines is 1. The molecule has 0 bridgehead atoms. The fourth-order valence-electron chi connectivity index (χ4n) is 3.73. The second kappa shape index (κ2) is 10.0. The summed E-state index contributed by atoms with van der Waals surface area (Å²) in [6, 6.07) is 3.06. The van der Waals surface area contributed by atoms with Gasteiger partial charge in [0.25, 0.3) is 0 Å². The lowest BCUT2D eigenvalue weighted by Crippen LogP contribution is -2.49. The highest BCUT2D eigenvalue weighted by Gasteiger charge is 2.31. The van der Waals surface area contributed by atoms with Crippen LogP contribution in [0.2, 0.25) is 0 Å². The largest absolute Gasteiger partial charge is 0.355 e. The molecular formula is C17H28FIN6O2S. The number of hydrogen-bond acceptors (Lipinski definition) is 5. The van der Waals surface area contributed by atoms with Crippen molar-refractivity contribution in [2.45, 2.75) is 31.3 Å². The minimum atomic E-state index is -3.19. The molecule has 3 heterocycles. The van der Waals surface area contributed by atoms with E-state index in [-0.39, 0.29) is 41.9 Å². The first-order chi connectivity index (χ1) is 12.9. The number of rotatable bonds is 5. The first kappa shape index (κ1) is 23.1. The number of guanidine groups is 1. The van der Waals surface area contributed by atoms with E-state index < -0.39 is 10.0 Å². The lowest BCUT2D eigenvalue weighted by molar-refractivity contribution is 0.387. The quantitative estimate of drug-likeness (QED) is 0.338. The third-order valence-electron chi connectivity index (χ3n) is 5.05. The molecule has 11 heteroatoms. The van der Waals surface area contributed by atoms with Gasteiger partial charge in [0.1, 0.15) is 0 Å². The van der Waals surface area contributed by atoms with Crippen molar-refractivity contribution in [2.75, 3.05) is 44.4 Å². The molecule has 2 aliphatic heterocycles. The average molecular weight is 526 g/mol. The van der Waals surface area contributed by atoms with Crippen LogP contribution in [0.1, 0.15) is 19.3 Å². The Hall–Kier alpha value is -1.21. The maximum atomic E-state index is 13.9. The van der Waals surface area contributed by atoms with Crippen molar-refractivity contribution in [1.82, 2.24) is 19.9 Å². The molecule has 1 aromatic rings. The molecule has 2 N–H and O–H groups in total. The molecule has 2 fully saturated rings. The molecule has 0 amide bonds. The first-order valence-corrected chi connectivity index (χ1v) is 11.0. The number of hydrogen-bond donors (Lipinski definition) is 2. The van der Waals surface area contributed by atoms with Gasteiger partial charge in [-0.15, -0.1) is 24.0 Å². The highest BCUT2D eigenvalue weighted by Crippen LogP contribution is 2.21. The van der Waals surface area contributed by atoms with Crippen LogP contribution in [0.25, 0.3) is 0 Å². The van der Waals surface area contributed by atoms with Crippen LogP contribution in [0.4, 0.5) is 10.2 Å². The Kier molecular flexibility index (Phi) is 8.25. The van der Waals surface area contributed by atoms with Crippen molar-refractivity contribution in [1.29, 1.82) is 0 Å². The summed E-state index contributed by atoms with van der Waals surface area (Å²) in [6.07, 6.45) is 5.40.